The van der Waals surface area contributed by atoms with Crippen molar-refractivity contribution in [3.63, 3.8) is 0 Å². The molecule has 2 saturated carbocycles. The van der Waals surface area contributed by atoms with E-state index in [9.17, 15) is 41.6 Å². The van der Waals surface area contributed by atoms with E-state index in [1.165, 1.54) is 13.8 Å². The van der Waals surface area contributed by atoms with E-state index in [0.29, 0.717) is 68.5 Å². The lowest BCUT2D eigenvalue weighted by Gasteiger charge is -2.57. The zero-order chi connectivity index (χ0) is 56.1. The van der Waals surface area contributed by atoms with Crippen molar-refractivity contribution in [3.8, 4) is 11.6 Å². The van der Waals surface area contributed by atoms with E-state index in [1.807, 2.05) is 29.2 Å². The number of rotatable bonds is 10. The van der Waals surface area contributed by atoms with Gasteiger partial charge in [-0.15, -0.1) is 0 Å². The number of carbonyl (C=O) groups excluding carboxylic acids is 1. The molecule has 0 bridgehead atoms. The maximum absolute atomic E-state index is 16.4. The normalized spacial score (nSPS) is 27.4. The van der Waals surface area contributed by atoms with Gasteiger partial charge in [-0.2, -0.15) is 18.2 Å². The smallest absolute Gasteiger partial charge is 0.397 e. The summed E-state index contributed by atoms with van der Waals surface area (Å²) >= 11 is 0. The first kappa shape index (κ1) is 54.3. The van der Waals surface area contributed by atoms with Crippen LogP contribution in [0.3, 0.4) is 0 Å². The fourth-order valence-electron chi connectivity index (χ4n) is 13.5. The number of anilines is 4. The van der Waals surface area contributed by atoms with E-state index in [0.717, 1.165) is 55.3 Å². The molecular formula is C57H66F4N8O10S. The molecule has 3 saturated heterocycles. The lowest BCUT2D eigenvalue weighted by atomic mass is 9.59. The molecule has 2 aliphatic carbocycles. The molecule has 428 valence electrons. The van der Waals surface area contributed by atoms with Gasteiger partial charge in [-0.05, 0) is 132 Å². The zero-order valence-electron chi connectivity index (χ0n) is 44.8. The quantitative estimate of drug-likeness (QED) is 0.0582. The van der Waals surface area contributed by atoms with Crippen molar-refractivity contribution in [2.75, 3.05) is 67.8 Å². The molecule has 2 aromatic heterocycles. The molecule has 12 rings (SSSR count). The number of nitro groups is 1. The summed E-state index contributed by atoms with van der Waals surface area (Å²) in [4.78, 5) is 40.6. The molecule has 5 fully saturated rings. The molecular weight excluding hydrogens is 1060 g/mol. The topological polar surface area (TPSA) is 214 Å². The first-order chi connectivity index (χ1) is 38.0. The average molecular weight is 1130 g/mol. The second kappa shape index (κ2) is 20.0. The number of ether oxygens (including phenoxy) is 4. The van der Waals surface area contributed by atoms with Crippen molar-refractivity contribution in [3.05, 3.63) is 99.7 Å². The van der Waals surface area contributed by atoms with Crippen molar-refractivity contribution >= 4 is 55.4 Å². The third kappa shape index (κ3) is 9.76. The number of nitrogens with zero attached hydrogens (tertiary/aromatic N) is 5. The number of aliphatic hydroxyl groups is 1. The van der Waals surface area contributed by atoms with Gasteiger partial charge in [0.1, 0.15) is 29.7 Å². The van der Waals surface area contributed by atoms with E-state index < -0.39 is 66.4 Å². The number of alkyl halides is 4. The fourth-order valence-corrected chi connectivity index (χ4v) is 14.5. The molecule has 80 heavy (non-hydrogen) atoms. The molecule has 0 radical (unpaired) electrons. The molecule has 1 amide bonds. The number of fused-ring (bicyclic) bond motifs is 4. The van der Waals surface area contributed by atoms with Gasteiger partial charge in [-0.25, -0.2) is 17.5 Å². The maximum Gasteiger partial charge on any atom is 0.397 e. The third-order valence-electron chi connectivity index (χ3n) is 18.5. The number of pyridine rings is 1. The van der Waals surface area contributed by atoms with Gasteiger partial charge in [-0.3, -0.25) is 19.8 Å². The molecule has 5 aromatic rings. The number of nitrogens with one attached hydrogen (secondary N) is 3. The Morgan fingerprint density at radius 1 is 0.925 bits per heavy atom. The molecule has 7 heterocycles. The number of carbonyl (C=O) groups is 1. The molecule has 3 aromatic carbocycles. The van der Waals surface area contributed by atoms with Gasteiger partial charge in [0, 0.05) is 68.3 Å². The van der Waals surface area contributed by atoms with Gasteiger partial charge in [0.2, 0.25) is 5.88 Å². The van der Waals surface area contributed by atoms with Gasteiger partial charge in [-0.1, -0.05) is 24.3 Å². The Hall–Kier alpha value is -6.27. The molecule has 5 aliphatic heterocycles. The number of H-pyrrole nitrogens is 1. The summed E-state index contributed by atoms with van der Waals surface area (Å²) in [5.41, 5.74) is -2.65. The van der Waals surface area contributed by atoms with E-state index in [4.69, 9.17) is 23.9 Å². The largest absolute Gasteiger partial charge is 0.489 e. The standard InChI is InChI=1S/C57H66F4N8O10S/c1-53(2,57(59,60)61)40-8-5-4-7-38(40)45-31-76-23-6-20-67(45)36-29-55(30-36)17-21-66(22-18-55)35-9-10-39(42(26-35)68-41-12-24-77-32-47(41)79-52-44(68)25-34-11-19-62-50(34)64-52)51(70)65-80(74,75)37-27-43(69(72)73)49-46(28-37)78-33-48(63-49)56(58)15-13-54(3,71)14-16-56/h4-5,7-11,19,25-28,36,41,45,47-48,63,71H,6,12-18,20-24,29-33H2,1-3H3,(H,62,64)(H,65,70)/t41-,45-,47-,48-,54?,56?/m0/s1. The summed E-state index contributed by atoms with van der Waals surface area (Å²) in [6, 6.07) is 16.2. The Balaban J connectivity index is 0.828. The van der Waals surface area contributed by atoms with E-state index in [-0.39, 0.29) is 90.9 Å². The number of benzene rings is 3. The van der Waals surface area contributed by atoms with Crippen LogP contribution in [0.1, 0.15) is 113 Å². The highest BCUT2D eigenvalue weighted by atomic mass is 32.2. The fraction of sp³-hybridized carbons (Fsp3) is 0.544. The van der Waals surface area contributed by atoms with Crippen LogP contribution >= 0.6 is 0 Å². The minimum Gasteiger partial charge on any atom is -0.489 e. The second-order valence-electron chi connectivity index (χ2n) is 23.9. The Morgan fingerprint density at radius 2 is 1.68 bits per heavy atom. The average Bonchev–Trinajstić information content (AvgIpc) is 3.77. The van der Waals surface area contributed by atoms with Crippen LogP contribution in [0.15, 0.2) is 77.8 Å². The summed E-state index contributed by atoms with van der Waals surface area (Å²) in [7, 11) is -4.86. The van der Waals surface area contributed by atoms with Crippen LogP contribution in [0.2, 0.25) is 0 Å². The Labute approximate surface area is 460 Å². The summed E-state index contributed by atoms with van der Waals surface area (Å²) in [5.74, 6) is -0.923. The summed E-state index contributed by atoms with van der Waals surface area (Å²) in [6.07, 6.45) is 1.82. The van der Waals surface area contributed by atoms with Gasteiger partial charge < -0.3 is 44.2 Å². The van der Waals surface area contributed by atoms with Crippen LogP contribution in [-0.2, 0) is 24.9 Å². The summed E-state index contributed by atoms with van der Waals surface area (Å²) in [6.45, 7) is 7.32. The number of amides is 1. The van der Waals surface area contributed by atoms with Crippen molar-refractivity contribution in [2.45, 2.75) is 143 Å². The van der Waals surface area contributed by atoms with Gasteiger partial charge in [0.15, 0.2) is 11.4 Å². The maximum atomic E-state index is 16.4. The number of hydrogen-bond acceptors (Lipinski definition) is 15. The number of aromatic amines is 1. The number of nitro benzene ring substituents is 1. The van der Waals surface area contributed by atoms with Crippen molar-refractivity contribution < 1.29 is 59.8 Å². The minimum atomic E-state index is -4.86. The first-order valence-corrected chi connectivity index (χ1v) is 29.1. The molecule has 0 unspecified atom stereocenters. The number of sulfonamides is 1. The van der Waals surface area contributed by atoms with Crippen LogP contribution in [0.4, 0.5) is 46.0 Å². The lowest BCUT2D eigenvalue weighted by molar-refractivity contribution is -0.384. The minimum absolute atomic E-state index is 0.00913. The van der Waals surface area contributed by atoms with Gasteiger partial charge >= 0.3 is 6.18 Å². The predicted molar refractivity (Wildman–Crippen MR) is 289 cm³/mol. The molecule has 18 nitrogen and oxygen atoms in total. The number of piperidine rings is 1. The second-order valence-corrected chi connectivity index (χ2v) is 25.6. The highest BCUT2D eigenvalue weighted by Crippen LogP contribution is 2.55. The van der Waals surface area contributed by atoms with E-state index in [1.54, 1.807) is 43.5 Å². The van der Waals surface area contributed by atoms with Crippen molar-refractivity contribution in [2.24, 2.45) is 5.41 Å². The van der Waals surface area contributed by atoms with Crippen molar-refractivity contribution in [1.82, 2.24) is 19.6 Å². The molecule has 23 heteroatoms. The molecule has 4 atom stereocenters. The SMILES string of the molecule is CC1(O)CCC(F)([C@@H]2COc3cc(S(=O)(=O)NC(=O)c4ccc(N5CCC6(CC5)CC(N5CCCOC[C@H]5c5ccccc5C(C)(C)C(F)(F)F)C6)cc4N4c5cc6cc[nH]c6nc5O[C@H]5COCC[C@@H]54)cc([N+](=O)[O-])c3N2)CC1. The highest BCUT2D eigenvalue weighted by molar-refractivity contribution is 7.90. The van der Waals surface area contributed by atoms with Gasteiger partial charge in [0.05, 0.1) is 63.4 Å². The highest BCUT2D eigenvalue weighted by Gasteiger charge is 2.53. The number of hydrogen-bond donors (Lipinski definition) is 4. The van der Waals surface area contributed by atoms with Crippen LogP contribution in [0, 0.1) is 15.5 Å². The molecule has 4 N–H and O–H groups in total. The van der Waals surface area contributed by atoms with E-state index >= 15 is 4.39 Å². The number of aromatic nitrogens is 2. The lowest BCUT2D eigenvalue weighted by Crippen LogP contribution is -2.56. The first-order valence-electron chi connectivity index (χ1n) is 27.6. The molecule has 1 spiro atoms. The van der Waals surface area contributed by atoms with Crippen LogP contribution in [-0.4, -0.2) is 134 Å². The van der Waals surface area contributed by atoms with Gasteiger partial charge in [0.25, 0.3) is 21.6 Å². The Kier molecular flexibility index (Phi) is 13.6. The monoisotopic (exact) mass is 1130 g/mol. The molecule has 7 aliphatic rings. The van der Waals surface area contributed by atoms with Crippen LogP contribution < -0.4 is 29.3 Å². The zero-order valence-corrected chi connectivity index (χ0v) is 45.6. The summed E-state index contributed by atoms with van der Waals surface area (Å²) < 4.78 is 115. The Morgan fingerprint density at radius 3 is 2.42 bits per heavy atom. The van der Waals surface area contributed by atoms with Crippen LogP contribution in [0.5, 0.6) is 11.6 Å². The van der Waals surface area contributed by atoms with E-state index in [2.05, 4.69) is 24.8 Å². The van der Waals surface area contributed by atoms with Crippen LogP contribution in [0.25, 0.3) is 11.0 Å². The number of halogens is 4. The third-order valence-corrected chi connectivity index (χ3v) is 19.8. The predicted octanol–water partition coefficient (Wildman–Crippen LogP) is 9.54. The summed E-state index contributed by atoms with van der Waals surface area (Å²) in [5, 5.41) is 26.8. The Bertz CT molecular complexity index is 3330. The van der Waals surface area contributed by atoms with Crippen molar-refractivity contribution in [1.29, 1.82) is 0 Å².